The molecule has 1 rings (SSSR count). The molecular formula is C17H26N2. The third kappa shape index (κ3) is 6.40. The van der Waals surface area contributed by atoms with E-state index < -0.39 is 0 Å². The van der Waals surface area contributed by atoms with Gasteiger partial charge in [0.2, 0.25) is 0 Å². The molecule has 0 spiro atoms. The van der Waals surface area contributed by atoms with Crippen molar-refractivity contribution in [3.8, 4) is 6.07 Å². The predicted molar refractivity (Wildman–Crippen MR) is 81.0 cm³/mol. The van der Waals surface area contributed by atoms with Crippen LogP contribution in [0.3, 0.4) is 0 Å². The first-order valence-corrected chi connectivity index (χ1v) is 7.13. The first-order chi connectivity index (χ1) is 8.93. The molecule has 0 radical (unpaired) electrons. The van der Waals surface area contributed by atoms with Crippen LogP contribution in [0.15, 0.2) is 24.3 Å². The number of nitriles is 1. The highest BCUT2D eigenvalue weighted by Crippen LogP contribution is 2.11. The van der Waals surface area contributed by atoms with E-state index in [4.69, 9.17) is 5.26 Å². The van der Waals surface area contributed by atoms with E-state index in [9.17, 15) is 0 Å². The first kappa shape index (κ1) is 15.7. The fourth-order valence-electron chi connectivity index (χ4n) is 1.99. The van der Waals surface area contributed by atoms with Crippen molar-refractivity contribution in [1.29, 1.82) is 5.26 Å². The van der Waals surface area contributed by atoms with Crippen LogP contribution in [0.5, 0.6) is 0 Å². The minimum atomic E-state index is -0.277. The van der Waals surface area contributed by atoms with Gasteiger partial charge in [0.1, 0.15) is 0 Å². The van der Waals surface area contributed by atoms with E-state index in [0.29, 0.717) is 5.92 Å². The van der Waals surface area contributed by atoms with Crippen LogP contribution < -0.4 is 5.32 Å². The van der Waals surface area contributed by atoms with Crippen molar-refractivity contribution < 1.29 is 0 Å². The van der Waals surface area contributed by atoms with Gasteiger partial charge < -0.3 is 5.32 Å². The van der Waals surface area contributed by atoms with Gasteiger partial charge in [-0.2, -0.15) is 5.26 Å². The average Bonchev–Trinajstić information content (AvgIpc) is 2.36. The third-order valence-electron chi connectivity index (χ3n) is 3.13. The molecule has 2 nitrogen and oxygen atoms in total. The molecule has 0 aliphatic carbocycles. The largest absolute Gasteiger partial charge is 0.315 e. The average molecular weight is 258 g/mol. The molecule has 1 aromatic carbocycles. The van der Waals surface area contributed by atoms with Gasteiger partial charge in [0.25, 0.3) is 0 Å². The van der Waals surface area contributed by atoms with Crippen molar-refractivity contribution >= 4 is 0 Å². The summed E-state index contributed by atoms with van der Waals surface area (Å²) in [6.07, 6.45) is 2.17. The molecule has 0 heterocycles. The van der Waals surface area contributed by atoms with E-state index in [1.807, 2.05) is 13.8 Å². The lowest BCUT2D eigenvalue weighted by Gasteiger charge is -2.15. The van der Waals surface area contributed by atoms with Crippen LogP contribution in [0.1, 0.15) is 38.8 Å². The molecule has 0 atom stereocenters. The van der Waals surface area contributed by atoms with Crippen LogP contribution in [0.2, 0.25) is 0 Å². The van der Waals surface area contributed by atoms with Crippen molar-refractivity contribution in [1.82, 2.24) is 5.32 Å². The molecule has 104 valence electrons. The summed E-state index contributed by atoms with van der Waals surface area (Å²) in [5.74, 6) is 0.709. The smallest absolute Gasteiger partial charge is 0.0697 e. The summed E-state index contributed by atoms with van der Waals surface area (Å²) in [7, 11) is 0. The van der Waals surface area contributed by atoms with Gasteiger partial charge in [-0.1, -0.05) is 38.1 Å². The van der Waals surface area contributed by atoms with Gasteiger partial charge in [-0.15, -0.1) is 0 Å². The fraction of sp³-hybridized carbons (Fsp3) is 0.588. The highest BCUT2D eigenvalue weighted by atomic mass is 14.9. The van der Waals surface area contributed by atoms with E-state index in [0.717, 1.165) is 25.9 Å². The summed E-state index contributed by atoms with van der Waals surface area (Å²) in [6, 6.07) is 11.2. The second-order valence-corrected chi connectivity index (χ2v) is 6.34. The number of rotatable bonds is 7. The number of nitrogens with one attached hydrogen (secondary N) is 1. The second-order valence-electron chi connectivity index (χ2n) is 6.34. The van der Waals surface area contributed by atoms with Crippen molar-refractivity contribution in [2.75, 3.05) is 13.1 Å². The molecule has 0 saturated carbocycles. The maximum Gasteiger partial charge on any atom is 0.0697 e. The highest BCUT2D eigenvalue weighted by molar-refractivity contribution is 5.23. The van der Waals surface area contributed by atoms with Crippen molar-refractivity contribution in [3.05, 3.63) is 35.4 Å². The summed E-state index contributed by atoms with van der Waals surface area (Å²) >= 11 is 0. The Morgan fingerprint density at radius 1 is 1.16 bits per heavy atom. The Labute approximate surface area is 117 Å². The summed E-state index contributed by atoms with van der Waals surface area (Å²) < 4.78 is 0. The maximum absolute atomic E-state index is 8.92. The van der Waals surface area contributed by atoms with Gasteiger partial charge in [-0.05, 0) is 50.3 Å². The molecule has 0 fully saturated rings. The standard InChI is InChI=1S/C17H26N2/c1-14(2)11-16-7-5-15(6-8-16)9-10-19-13-17(3,4)12-18/h5-8,14,19H,9-11,13H2,1-4H3. The summed E-state index contributed by atoms with van der Waals surface area (Å²) in [4.78, 5) is 0. The Morgan fingerprint density at radius 2 is 1.74 bits per heavy atom. The minimum Gasteiger partial charge on any atom is -0.315 e. The van der Waals surface area contributed by atoms with Crippen molar-refractivity contribution in [2.45, 2.75) is 40.5 Å². The van der Waals surface area contributed by atoms with Gasteiger partial charge in [0, 0.05) is 6.54 Å². The fourth-order valence-corrected chi connectivity index (χ4v) is 1.99. The van der Waals surface area contributed by atoms with Crippen LogP contribution in [0.4, 0.5) is 0 Å². The van der Waals surface area contributed by atoms with E-state index >= 15 is 0 Å². The van der Waals surface area contributed by atoms with Gasteiger partial charge in [0.05, 0.1) is 11.5 Å². The molecule has 19 heavy (non-hydrogen) atoms. The van der Waals surface area contributed by atoms with Crippen LogP contribution in [-0.4, -0.2) is 13.1 Å². The van der Waals surface area contributed by atoms with Crippen LogP contribution in [0.25, 0.3) is 0 Å². The van der Waals surface area contributed by atoms with Gasteiger partial charge in [0.15, 0.2) is 0 Å². The van der Waals surface area contributed by atoms with E-state index in [-0.39, 0.29) is 5.41 Å². The summed E-state index contributed by atoms with van der Waals surface area (Å²) in [6.45, 7) is 10.1. The van der Waals surface area contributed by atoms with Crippen LogP contribution >= 0.6 is 0 Å². The zero-order valence-corrected chi connectivity index (χ0v) is 12.7. The van der Waals surface area contributed by atoms with Gasteiger partial charge >= 0.3 is 0 Å². The highest BCUT2D eigenvalue weighted by Gasteiger charge is 2.15. The molecule has 1 aromatic rings. The predicted octanol–water partition coefficient (Wildman–Crippen LogP) is 3.57. The van der Waals surface area contributed by atoms with Crippen molar-refractivity contribution in [2.24, 2.45) is 11.3 Å². The van der Waals surface area contributed by atoms with E-state index in [1.54, 1.807) is 0 Å². The molecule has 0 aliphatic rings. The number of hydrogen-bond acceptors (Lipinski definition) is 2. The van der Waals surface area contributed by atoms with E-state index in [2.05, 4.69) is 49.5 Å². The Bertz CT molecular complexity index is 410. The number of nitrogens with zero attached hydrogens (tertiary/aromatic N) is 1. The number of benzene rings is 1. The monoisotopic (exact) mass is 258 g/mol. The van der Waals surface area contributed by atoms with Crippen LogP contribution in [0, 0.1) is 22.7 Å². The van der Waals surface area contributed by atoms with E-state index in [1.165, 1.54) is 11.1 Å². The molecule has 0 aliphatic heterocycles. The third-order valence-corrected chi connectivity index (χ3v) is 3.13. The SMILES string of the molecule is CC(C)Cc1ccc(CCNCC(C)(C)C#N)cc1. The van der Waals surface area contributed by atoms with Crippen LogP contribution in [-0.2, 0) is 12.8 Å². The zero-order valence-electron chi connectivity index (χ0n) is 12.7. The van der Waals surface area contributed by atoms with Gasteiger partial charge in [-0.25, -0.2) is 0 Å². The molecule has 0 aromatic heterocycles. The molecule has 0 bridgehead atoms. The summed E-state index contributed by atoms with van der Waals surface area (Å²) in [5.41, 5.74) is 2.49. The topological polar surface area (TPSA) is 35.8 Å². The summed E-state index contributed by atoms with van der Waals surface area (Å²) in [5, 5.41) is 12.3. The normalized spacial score (nSPS) is 11.6. The second kappa shape index (κ2) is 7.31. The Balaban J connectivity index is 2.33. The molecular weight excluding hydrogens is 232 g/mol. The van der Waals surface area contributed by atoms with Crippen molar-refractivity contribution in [3.63, 3.8) is 0 Å². The Hall–Kier alpha value is -1.33. The zero-order chi connectivity index (χ0) is 14.3. The Morgan fingerprint density at radius 3 is 2.26 bits per heavy atom. The quantitative estimate of drug-likeness (QED) is 0.759. The molecule has 2 heteroatoms. The molecule has 0 saturated heterocycles. The molecule has 1 N–H and O–H groups in total. The maximum atomic E-state index is 8.92. The lowest BCUT2D eigenvalue weighted by atomic mass is 9.96. The van der Waals surface area contributed by atoms with Gasteiger partial charge in [-0.3, -0.25) is 0 Å². The first-order valence-electron chi connectivity index (χ1n) is 7.13. The lowest BCUT2D eigenvalue weighted by Crippen LogP contribution is -2.29. The molecule has 0 unspecified atom stereocenters. The lowest BCUT2D eigenvalue weighted by molar-refractivity contribution is 0.447. The molecule has 0 amide bonds. The minimum absolute atomic E-state index is 0.277. The Kier molecular flexibility index (Phi) is 6.05. The number of hydrogen-bond donors (Lipinski definition) is 1.